The lowest BCUT2D eigenvalue weighted by atomic mass is 9.50. The predicted molar refractivity (Wildman–Crippen MR) is 113 cm³/mol. The van der Waals surface area contributed by atoms with Crippen LogP contribution in [-0.4, -0.2) is 26.8 Å². The number of ether oxygens (including phenoxy) is 1. The van der Waals surface area contributed by atoms with E-state index in [0.717, 1.165) is 27.7 Å². The summed E-state index contributed by atoms with van der Waals surface area (Å²) in [6.45, 7) is 0.429. The fourth-order valence-corrected chi connectivity index (χ4v) is 5.84. The Morgan fingerprint density at radius 1 is 0.933 bits per heavy atom. The molecule has 0 N–H and O–H groups in total. The second-order valence-electron chi connectivity index (χ2n) is 8.24. The first-order chi connectivity index (χ1) is 14.8. The van der Waals surface area contributed by atoms with Crippen LogP contribution < -0.4 is 5.46 Å². The maximum Gasteiger partial charge on any atom is 0.494 e. The van der Waals surface area contributed by atoms with Gasteiger partial charge in [0.25, 0.3) is 0 Å². The molecular formula is C25H21BO4. The van der Waals surface area contributed by atoms with Gasteiger partial charge in [0.2, 0.25) is 0 Å². The zero-order valence-corrected chi connectivity index (χ0v) is 16.7. The summed E-state index contributed by atoms with van der Waals surface area (Å²) < 4.78 is 18.4. The predicted octanol–water partition coefficient (Wildman–Crippen LogP) is 3.24. The molecule has 2 atom stereocenters. The fraction of sp³-hybridized carbons (Fsp3) is 0.240. The third-order valence-electron chi connectivity index (χ3n) is 6.97. The number of methoxy groups -OCH3 is 1. The molecule has 1 aliphatic heterocycles. The van der Waals surface area contributed by atoms with Gasteiger partial charge >= 0.3 is 13.1 Å². The first kappa shape index (κ1) is 17.9. The van der Waals surface area contributed by atoms with E-state index < -0.39 is 12.7 Å². The SMILES string of the molecule is COC(=O)C1C2c3ccccc3C3(OB(c4ccccc4)OCC13)c1ccccc12. The Bertz CT molecular complexity index is 1080. The smallest absolute Gasteiger partial charge is 0.469 e. The lowest BCUT2D eigenvalue weighted by Crippen LogP contribution is -2.64. The van der Waals surface area contributed by atoms with Gasteiger partial charge < -0.3 is 14.0 Å². The lowest BCUT2D eigenvalue weighted by Gasteiger charge is -2.59. The van der Waals surface area contributed by atoms with Crippen LogP contribution in [0.5, 0.6) is 0 Å². The topological polar surface area (TPSA) is 44.8 Å². The minimum atomic E-state index is -0.750. The highest BCUT2D eigenvalue weighted by Gasteiger charge is 2.64. The molecule has 3 aliphatic carbocycles. The number of hydrogen-bond donors (Lipinski definition) is 0. The number of carbonyl (C=O) groups is 1. The van der Waals surface area contributed by atoms with Gasteiger partial charge in [0, 0.05) is 18.4 Å². The van der Waals surface area contributed by atoms with Gasteiger partial charge in [-0.25, -0.2) is 0 Å². The molecule has 5 heteroatoms. The zero-order chi connectivity index (χ0) is 20.3. The summed E-state index contributed by atoms with van der Waals surface area (Å²) >= 11 is 0. The summed E-state index contributed by atoms with van der Waals surface area (Å²) in [6.07, 6.45) is 0. The molecule has 4 nitrogen and oxygen atoms in total. The van der Waals surface area contributed by atoms with Gasteiger partial charge in [0.15, 0.2) is 0 Å². The number of hydrogen-bond acceptors (Lipinski definition) is 4. The second-order valence-corrected chi connectivity index (χ2v) is 8.24. The van der Waals surface area contributed by atoms with Crippen LogP contribution in [0.25, 0.3) is 0 Å². The average molecular weight is 396 g/mol. The minimum absolute atomic E-state index is 0.0581. The Morgan fingerprint density at radius 2 is 1.53 bits per heavy atom. The van der Waals surface area contributed by atoms with Gasteiger partial charge in [0.05, 0.1) is 13.0 Å². The molecule has 3 aromatic rings. The molecule has 0 amide bonds. The maximum atomic E-state index is 13.0. The fourth-order valence-electron chi connectivity index (χ4n) is 5.84. The van der Waals surface area contributed by atoms with E-state index in [-0.39, 0.29) is 23.7 Å². The standard InChI is InChI=1S/C25H21BO4/c1-28-24(27)23-21-15-29-26(16-9-3-2-4-10-16)30-25(21)19-13-7-5-11-17(19)22(23)18-12-6-8-14-20(18)25/h2-14,21-23H,15H2,1H3. The van der Waals surface area contributed by atoms with Crippen molar-refractivity contribution in [2.24, 2.45) is 11.8 Å². The molecule has 148 valence electrons. The van der Waals surface area contributed by atoms with Crippen LogP contribution in [0.2, 0.25) is 0 Å². The largest absolute Gasteiger partial charge is 0.494 e. The number of carbonyl (C=O) groups excluding carboxylic acids is 1. The van der Waals surface area contributed by atoms with Crippen LogP contribution >= 0.6 is 0 Å². The van der Waals surface area contributed by atoms with E-state index in [0.29, 0.717) is 6.61 Å². The van der Waals surface area contributed by atoms with Crippen molar-refractivity contribution in [1.29, 1.82) is 0 Å². The van der Waals surface area contributed by atoms with Crippen molar-refractivity contribution in [3.8, 4) is 0 Å². The van der Waals surface area contributed by atoms with E-state index >= 15 is 0 Å². The van der Waals surface area contributed by atoms with E-state index in [1.54, 1.807) is 0 Å². The first-order valence-corrected chi connectivity index (χ1v) is 10.4. The first-order valence-electron chi connectivity index (χ1n) is 10.4. The summed E-state index contributed by atoms with van der Waals surface area (Å²) in [6, 6.07) is 26.7. The Morgan fingerprint density at radius 3 is 2.17 bits per heavy atom. The molecule has 0 aromatic heterocycles. The lowest BCUT2D eigenvalue weighted by molar-refractivity contribution is -0.161. The van der Waals surface area contributed by atoms with Gasteiger partial charge in [-0.1, -0.05) is 78.9 Å². The van der Waals surface area contributed by atoms with Crippen molar-refractivity contribution in [2.45, 2.75) is 11.5 Å². The molecule has 2 unspecified atom stereocenters. The molecule has 1 saturated heterocycles. The van der Waals surface area contributed by atoms with Gasteiger partial charge in [-0.2, -0.15) is 0 Å². The maximum absolute atomic E-state index is 13.0. The second kappa shape index (κ2) is 6.56. The van der Waals surface area contributed by atoms with Crippen molar-refractivity contribution in [1.82, 2.24) is 0 Å². The molecule has 1 heterocycles. The van der Waals surface area contributed by atoms with Crippen LogP contribution in [-0.2, 0) is 24.4 Å². The molecule has 1 fully saturated rings. The molecule has 4 aliphatic rings. The summed E-state index contributed by atoms with van der Waals surface area (Å²) in [5.74, 6) is -0.767. The minimum Gasteiger partial charge on any atom is -0.469 e. The summed E-state index contributed by atoms with van der Waals surface area (Å²) in [5, 5.41) is 0. The average Bonchev–Trinajstić information content (AvgIpc) is 2.83. The summed E-state index contributed by atoms with van der Waals surface area (Å²) in [5.41, 5.74) is 4.81. The van der Waals surface area contributed by atoms with Gasteiger partial charge in [-0.3, -0.25) is 4.79 Å². The third kappa shape index (κ3) is 2.22. The highest BCUT2D eigenvalue weighted by Crippen LogP contribution is 2.63. The third-order valence-corrected chi connectivity index (χ3v) is 6.97. The molecular weight excluding hydrogens is 375 g/mol. The van der Waals surface area contributed by atoms with Crippen molar-refractivity contribution >= 4 is 18.6 Å². The number of benzene rings is 3. The monoisotopic (exact) mass is 396 g/mol. The van der Waals surface area contributed by atoms with E-state index in [9.17, 15) is 4.79 Å². The molecule has 2 bridgehead atoms. The highest BCUT2D eigenvalue weighted by molar-refractivity contribution is 6.61. The van der Waals surface area contributed by atoms with Crippen LogP contribution in [0.4, 0.5) is 0 Å². The quantitative estimate of drug-likeness (QED) is 0.493. The van der Waals surface area contributed by atoms with E-state index in [1.807, 2.05) is 42.5 Å². The highest BCUT2D eigenvalue weighted by atomic mass is 16.6. The van der Waals surface area contributed by atoms with E-state index in [2.05, 4.69) is 36.4 Å². The molecule has 0 radical (unpaired) electrons. The molecule has 30 heavy (non-hydrogen) atoms. The van der Waals surface area contributed by atoms with Crippen molar-refractivity contribution in [3.63, 3.8) is 0 Å². The summed E-state index contributed by atoms with van der Waals surface area (Å²) in [7, 11) is 0.961. The molecule has 0 saturated carbocycles. The van der Waals surface area contributed by atoms with Crippen molar-refractivity contribution in [3.05, 3.63) is 101 Å². The van der Waals surface area contributed by atoms with Gasteiger partial charge in [-0.15, -0.1) is 0 Å². The molecule has 3 aromatic carbocycles. The molecule has 1 spiro atoms. The van der Waals surface area contributed by atoms with Crippen molar-refractivity contribution < 1.29 is 18.8 Å². The number of esters is 1. The van der Waals surface area contributed by atoms with Crippen LogP contribution in [0.3, 0.4) is 0 Å². The summed E-state index contributed by atoms with van der Waals surface area (Å²) in [4.78, 5) is 13.0. The van der Waals surface area contributed by atoms with Gasteiger partial charge in [-0.05, 0) is 27.7 Å². The Labute approximate surface area is 175 Å². The van der Waals surface area contributed by atoms with Crippen molar-refractivity contribution in [2.75, 3.05) is 13.7 Å². The van der Waals surface area contributed by atoms with E-state index in [4.69, 9.17) is 14.0 Å². The normalized spacial score (nSPS) is 28.3. The van der Waals surface area contributed by atoms with Crippen LogP contribution in [0.1, 0.15) is 28.2 Å². The van der Waals surface area contributed by atoms with Crippen LogP contribution in [0, 0.1) is 11.8 Å². The Kier molecular flexibility index (Phi) is 3.92. The Balaban J connectivity index is 1.62. The van der Waals surface area contributed by atoms with E-state index in [1.165, 1.54) is 7.11 Å². The molecule has 7 rings (SSSR count). The van der Waals surface area contributed by atoms with Crippen LogP contribution in [0.15, 0.2) is 78.9 Å². The zero-order valence-electron chi connectivity index (χ0n) is 16.7. The van der Waals surface area contributed by atoms with Gasteiger partial charge in [0.1, 0.15) is 5.60 Å². The number of rotatable bonds is 2. The Hall–Kier alpha value is -2.89.